The van der Waals surface area contributed by atoms with E-state index in [9.17, 15) is 4.79 Å². The fourth-order valence-electron chi connectivity index (χ4n) is 1.60. The minimum Gasteiger partial charge on any atom is -0.498 e. The first kappa shape index (κ1) is 13.0. The Balaban J connectivity index is 2.03. The minimum atomic E-state index is 0.125. The molecule has 0 fully saturated rings. The molecule has 4 heteroatoms. The molecule has 0 spiro atoms. The average molecular weight is 226 g/mol. The van der Waals surface area contributed by atoms with Gasteiger partial charge in [0.15, 0.2) is 0 Å². The Morgan fingerprint density at radius 2 is 2.38 bits per heavy atom. The molecule has 0 radical (unpaired) electrons. The quantitative estimate of drug-likeness (QED) is 0.738. The number of rotatable bonds is 6. The normalized spacial score (nSPS) is 19.6. The molecule has 1 heterocycles. The molecule has 1 N–H and O–H groups in total. The number of amides is 1. The van der Waals surface area contributed by atoms with Crippen LogP contribution in [-0.4, -0.2) is 44.1 Å². The van der Waals surface area contributed by atoms with Gasteiger partial charge in [-0.3, -0.25) is 4.79 Å². The first-order valence-corrected chi connectivity index (χ1v) is 5.90. The van der Waals surface area contributed by atoms with E-state index in [1.165, 1.54) is 0 Å². The van der Waals surface area contributed by atoms with Crippen molar-refractivity contribution in [3.8, 4) is 0 Å². The van der Waals surface area contributed by atoms with Crippen LogP contribution in [0.3, 0.4) is 0 Å². The highest BCUT2D eigenvalue weighted by atomic mass is 16.5. The Labute approximate surface area is 97.6 Å². The van der Waals surface area contributed by atoms with E-state index < -0.39 is 0 Å². The Hall–Kier alpha value is -1.03. The number of likely N-dealkylation sites (N-methyl/N-ethyl adjacent to an activating group) is 1. The molecule has 1 aliphatic rings. The van der Waals surface area contributed by atoms with Gasteiger partial charge in [-0.1, -0.05) is 0 Å². The van der Waals surface area contributed by atoms with E-state index in [4.69, 9.17) is 4.74 Å². The minimum absolute atomic E-state index is 0.125. The van der Waals surface area contributed by atoms with Crippen LogP contribution in [0.15, 0.2) is 12.3 Å². The number of carbonyl (C=O) groups is 1. The average Bonchev–Trinajstić information content (AvgIpc) is 2.27. The molecule has 0 aromatic rings. The van der Waals surface area contributed by atoms with Crippen molar-refractivity contribution < 1.29 is 9.53 Å². The molecule has 1 amide bonds. The van der Waals surface area contributed by atoms with Gasteiger partial charge in [0.25, 0.3) is 0 Å². The second-order valence-electron chi connectivity index (χ2n) is 4.40. The first-order chi connectivity index (χ1) is 7.68. The highest BCUT2D eigenvalue weighted by molar-refractivity contribution is 5.75. The van der Waals surface area contributed by atoms with E-state index in [0.717, 1.165) is 32.4 Å². The van der Waals surface area contributed by atoms with Crippen molar-refractivity contribution in [3.05, 3.63) is 12.3 Å². The predicted octanol–water partition coefficient (Wildman–Crippen LogP) is 1.14. The molecule has 0 aliphatic carbocycles. The summed E-state index contributed by atoms with van der Waals surface area (Å²) in [5.74, 6) is 0.125. The van der Waals surface area contributed by atoms with Crippen molar-refractivity contribution in [2.24, 2.45) is 0 Å². The summed E-state index contributed by atoms with van der Waals surface area (Å²) in [5, 5.41) is 2.90. The van der Waals surface area contributed by atoms with Gasteiger partial charge in [-0.2, -0.15) is 0 Å². The fourth-order valence-corrected chi connectivity index (χ4v) is 1.60. The van der Waals surface area contributed by atoms with E-state index in [-0.39, 0.29) is 12.0 Å². The van der Waals surface area contributed by atoms with Crippen molar-refractivity contribution in [2.45, 2.75) is 31.8 Å². The molecule has 4 nitrogen and oxygen atoms in total. The van der Waals surface area contributed by atoms with Gasteiger partial charge in [0.05, 0.1) is 12.4 Å². The largest absolute Gasteiger partial charge is 0.498 e. The Morgan fingerprint density at radius 1 is 1.56 bits per heavy atom. The number of carbonyl (C=O) groups excluding carboxylic acids is 1. The number of hydrogen-bond donors (Lipinski definition) is 1. The van der Waals surface area contributed by atoms with Crippen molar-refractivity contribution in [2.75, 3.05) is 27.2 Å². The lowest BCUT2D eigenvalue weighted by atomic mass is 10.1. The van der Waals surface area contributed by atoms with Crippen LogP contribution in [0.4, 0.5) is 0 Å². The van der Waals surface area contributed by atoms with Gasteiger partial charge >= 0.3 is 0 Å². The lowest BCUT2D eigenvalue weighted by Crippen LogP contribution is -2.31. The molecule has 1 atom stereocenters. The molecular formula is C12H22N2O2. The molecule has 0 aromatic heterocycles. The maximum atomic E-state index is 11.5. The summed E-state index contributed by atoms with van der Waals surface area (Å²) >= 11 is 0. The van der Waals surface area contributed by atoms with Crippen LogP contribution < -0.4 is 5.32 Å². The number of allylic oxidation sites excluding steroid dienone is 1. The van der Waals surface area contributed by atoms with Crippen LogP contribution in [0, 0.1) is 0 Å². The molecular weight excluding hydrogens is 204 g/mol. The first-order valence-electron chi connectivity index (χ1n) is 5.90. The smallest absolute Gasteiger partial charge is 0.220 e. The molecule has 0 saturated carbocycles. The third-order valence-corrected chi connectivity index (χ3v) is 2.60. The van der Waals surface area contributed by atoms with Gasteiger partial charge in [-0.05, 0) is 39.4 Å². The van der Waals surface area contributed by atoms with Crippen LogP contribution in [0.5, 0.6) is 0 Å². The lowest BCUT2D eigenvalue weighted by molar-refractivity contribution is -0.121. The van der Waals surface area contributed by atoms with Gasteiger partial charge < -0.3 is 15.0 Å². The van der Waals surface area contributed by atoms with Crippen LogP contribution in [0.25, 0.3) is 0 Å². The summed E-state index contributed by atoms with van der Waals surface area (Å²) in [6.45, 7) is 1.60. The fraction of sp³-hybridized carbons (Fsp3) is 0.750. The molecule has 92 valence electrons. The van der Waals surface area contributed by atoms with E-state index in [1.807, 2.05) is 20.2 Å². The maximum absolute atomic E-state index is 11.5. The molecule has 0 unspecified atom stereocenters. The second-order valence-corrected chi connectivity index (χ2v) is 4.40. The summed E-state index contributed by atoms with van der Waals surface area (Å²) in [5.41, 5.74) is 0. The monoisotopic (exact) mass is 226 g/mol. The third-order valence-electron chi connectivity index (χ3n) is 2.60. The summed E-state index contributed by atoms with van der Waals surface area (Å²) < 4.78 is 5.40. The summed E-state index contributed by atoms with van der Waals surface area (Å²) in [6, 6.07) is 0. The van der Waals surface area contributed by atoms with Gasteiger partial charge in [0.2, 0.25) is 5.91 Å². The molecule has 0 aromatic carbocycles. The third kappa shape index (κ3) is 5.75. The van der Waals surface area contributed by atoms with Crippen molar-refractivity contribution in [1.29, 1.82) is 0 Å². The van der Waals surface area contributed by atoms with Gasteiger partial charge in [-0.25, -0.2) is 0 Å². The van der Waals surface area contributed by atoms with Gasteiger partial charge in [0, 0.05) is 19.5 Å². The van der Waals surface area contributed by atoms with Crippen LogP contribution >= 0.6 is 0 Å². The second kappa shape index (κ2) is 7.28. The van der Waals surface area contributed by atoms with Gasteiger partial charge in [-0.15, -0.1) is 0 Å². The molecule has 16 heavy (non-hydrogen) atoms. The zero-order valence-corrected chi connectivity index (χ0v) is 10.2. The van der Waals surface area contributed by atoms with Crippen molar-refractivity contribution in [3.63, 3.8) is 0 Å². The van der Waals surface area contributed by atoms with Gasteiger partial charge in [0.1, 0.15) is 0 Å². The molecule has 0 bridgehead atoms. The van der Waals surface area contributed by atoms with Crippen LogP contribution in [0.2, 0.25) is 0 Å². The highest BCUT2D eigenvalue weighted by Crippen LogP contribution is 2.14. The summed E-state index contributed by atoms with van der Waals surface area (Å²) in [4.78, 5) is 13.5. The number of nitrogens with zero attached hydrogens (tertiary/aromatic N) is 1. The Morgan fingerprint density at radius 3 is 3.00 bits per heavy atom. The van der Waals surface area contributed by atoms with Crippen molar-refractivity contribution >= 4 is 5.91 Å². The highest BCUT2D eigenvalue weighted by Gasteiger charge is 2.12. The number of hydrogen-bond acceptors (Lipinski definition) is 3. The lowest BCUT2D eigenvalue weighted by Gasteiger charge is -2.19. The Kier molecular flexibility index (Phi) is 5.93. The molecule has 0 saturated heterocycles. The van der Waals surface area contributed by atoms with Crippen molar-refractivity contribution in [1.82, 2.24) is 10.2 Å². The summed E-state index contributed by atoms with van der Waals surface area (Å²) in [7, 11) is 3.99. The van der Waals surface area contributed by atoms with Crippen LogP contribution in [-0.2, 0) is 9.53 Å². The van der Waals surface area contributed by atoms with E-state index in [1.54, 1.807) is 6.26 Å². The number of nitrogens with one attached hydrogen (secondary N) is 1. The van der Waals surface area contributed by atoms with E-state index >= 15 is 0 Å². The number of ether oxygens (including phenoxy) is 1. The SMILES string of the molecule is CN(C)CCNC(=O)CC[C@H]1CCC=CO1. The Bertz CT molecular complexity index is 239. The van der Waals surface area contributed by atoms with Crippen LogP contribution in [0.1, 0.15) is 25.7 Å². The standard InChI is InChI=1S/C12H22N2O2/c1-14(2)9-8-13-12(15)7-6-11-5-3-4-10-16-11/h4,10-11H,3,5-9H2,1-2H3,(H,13,15)/t11-/m1/s1. The zero-order chi connectivity index (χ0) is 11.8. The molecule has 1 rings (SSSR count). The summed E-state index contributed by atoms with van der Waals surface area (Å²) in [6.07, 6.45) is 7.47. The van der Waals surface area contributed by atoms with E-state index in [2.05, 4.69) is 10.2 Å². The molecule has 1 aliphatic heterocycles. The van der Waals surface area contributed by atoms with E-state index in [0.29, 0.717) is 6.42 Å². The zero-order valence-electron chi connectivity index (χ0n) is 10.2. The topological polar surface area (TPSA) is 41.6 Å². The predicted molar refractivity (Wildman–Crippen MR) is 64.0 cm³/mol. The maximum Gasteiger partial charge on any atom is 0.220 e.